The lowest BCUT2D eigenvalue weighted by atomic mass is 9.85. The Morgan fingerprint density at radius 1 is 0.667 bits per heavy atom. The summed E-state index contributed by atoms with van der Waals surface area (Å²) in [5.41, 5.74) is 3.09. The molecular weight excluding hydrogens is 416 g/mol. The van der Waals surface area contributed by atoms with Gasteiger partial charge < -0.3 is 10.2 Å². The summed E-state index contributed by atoms with van der Waals surface area (Å²) in [6.07, 6.45) is 5.12. The zero-order valence-electron chi connectivity index (χ0n) is 20.3. The third-order valence-electron chi connectivity index (χ3n) is 5.36. The van der Waals surface area contributed by atoms with Crippen LogP contribution in [0.25, 0.3) is 0 Å². The van der Waals surface area contributed by atoms with Crippen molar-refractivity contribution in [2.45, 2.75) is 58.8 Å². The second kappa shape index (κ2) is 10.6. The van der Waals surface area contributed by atoms with E-state index in [0.717, 1.165) is 11.1 Å². The summed E-state index contributed by atoms with van der Waals surface area (Å²) in [4.78, 5) is 31.3. The Bertz CT molecular complexity index is 985. The molecule has 0 bridgehead atoms. The molecule has 0 aliphatic heterocycles. The lowest BCUT2D eigenvalue weighted by Gasteiger charge is -2.20. The van der Waals surface area contributed by atoms with Crippen LogP contribution in [0.4, 0.5) is 0 Å². The van der Waals surface area contributed by atoms with Crippen molar-refractivity contribution in [3.8, 4) is 11.5 Å². The van der Waals surface area contributed by atoms with Gasteiger partial charge in [0.25, 0.3) is 0 Å². The smallest absolute Gasteiger partial charge is 0.153 e. The highest BCUT2D eigenvalue weighted by Gasteiger charge is 2.19. The first-order chi connectivity index (χ1) is 15.4. The average molecular weight is 451 g/mol. The number of hydrogen-bond acceptors (Lipinski definition) is 6. The van der Waals surface area contributed by atoms with Gasteiger partial charge in [0.15, 0.2) is 12.6 Å². The fraction of sp³-hybridized carbons (Fsp3) is 0.407. The molecule has 0 radical (unpaired) electrons. The lowest BCUT2D eigenvalue weighted by Crippen LogP contribution is -2.12. The second-order valence-corrected chi connectivity index (χ2v) is 10.2. The van der Waals surface area contributed by atoms with E-state index in [9.17, 15) is 19.8 Å². The third kappa shape index (κ3) is 6.85. The van der Waals surface area contributed by atoms with Crippen LogP contribution in [-0.2, 0) is 10.8 Å². The first-order valence-corrected chi connectivity index (χ1v) is 11.0. The van der Waals surface area contributed by atoms with Crippen LogP contribution in [0.3, 0.4) is 0 Å². The van der Waals surface area contributed by atoms with Crippen LogP contribution in [0.15, 0.2) is 34.3 Å². The highest BCUT2D eigenvalue weighted by molar-refractivity contribution is 5.91. The van der Waals surface area contributed by atoms with Crippen LogP contribution >= 0.6 is 0 Å². The summed E-state index contributed by atoms with van der Waals surface area (Å²) >= 11 is 0. The zero-order valence-corrected chi connectivity index (χ0v) is 20.3. The van der Waals surface area contributed by atoms with Crippen LogP contribution in [0, 0.1) is 0 Å². The Kier molecular flexibility index (Phi) is 8.31. The van der Waals surface area contributed by atoms with E-state index in [1.807, 2.05) is 53.7 Å². The molecule has 0 aliphatic rings. The number of benzene rings is 2. The van der Waals surface area contributed by atoms with Crippen molar-refractivity contribution in [1.29, 1.82) is 0 Å². The second-order valence-electron chi connectivity index (χ2n) is 10.2. The van der Waals surface area contributed by atoms with E-state index in [4.69, 9.17) is 0 Å². The van der Waals surface area contributed by atoms with Crippen molar-refractivity contribution < 1.29 is 19.8 Å². The molecule has 2 aromatic rings. The van der Waals surface area contributed by atoms with Gasteiger partial charge >= 0.3 is 0 Å². The Balaban J connectivity index is 2.06. The van der Waals surface area contributed by atoms with Gasteiger partial charge in [0.05, 0.1) is 11.1 Å². The highest BCUT2D eigenvalue weighted by Crippen LogP contribution is 2.30. The summed E-state index contributed by atoms with van der Waals surface area (Å²) in [7, 11) is 0. The van der Waals surface area contributed by atoms with Crippen molar-refractivity contribution >= 4 is 25.0 Å². The number of carbonyl (C=O) groups excluding carboxylic acids is 2. The summed E-state index contributed by atoms with van der Waals surface area (Å²) in [5.74, 6) is -0.139. The van der Waals surface area contributed by atoms with Gasteiger partial charge in [-0.3, -0.25) is 19.6 Å². The molecule has 0 spiro atoms. The van der Waals surface area contributed by atoms with E-state index in [0.29, 0.717) is 43.2 Å². The van der Waals surface area contributed by atoms with Gasteiger partial charge in [0.1, 0.15) is 11.5 Å². The number of nitrogens with zero attached hydrogens (tertiary/aromatic N) is 2. The number of rotatable bonds is 8. The number of aromatic hydroxyl groups is 2. The van der Waals surface area contributed by atoms with Crippen LogP contribution in [0.1, 0.15) is 90.9 Å². The van der Waals surface area contributed by atoms with Gasteiger partial charge in [0.2, 0.25) is 0 Å². The number of hydrogen-bond donors (Lipinski definition) is 2. The van der Waals surface area contributed by atoms with Gasteiger partial charge in [-0.1, -0.05) is 41.5 Å². The van der Waals surface area contributed by atoms with E-state index in [2.05, 4.69) is 9.98 Å². The standard InChI is InChI=1S/C27H34N2O4/c1-26(2,3)22-10-18(24(32)20(12-22)16-30)14-28-8-7-9-29-15-19-11-23(27(4,5)6)13-21(17-31)25(19)33/h10-17,32-33H,7-9H2,1-6H3. The number of aldehydes is 2. The van der Waals surface area contributed by atoms with Gasteiger partial charge in [-0.25, -0.2) is 0 Å². The van der Waals surface area contributed by atoms with Crippen LogP contribution in [0.2, 0.25) is 0 Å². The molecule has 176 valence electrons. The van der Waals surface area contributed by atoms with E-state index in [1.54, 1.807) is 24.6 Å². The zero-order chi connectivity index (χ0) is 24.8. The molecule has 0 atom stereocenters. The molecule has 0 aliphatic carbocycles. The van der Waals surface area contributed by atoms with E-state index in [-0.39, 0.29) is 33.5 Å². The maximum Gasteiger partial charge on any atom is 0.153 e. The molecule has 0 fully saturated rings. The molecular formula is C27H34N2O4. The fourth-order valence-corrected chi connectivity index (χ4v) is 3.18. The molecule has 2 rings (SSSR count). The quantitative estimate of drug-likeness (QED) is 0.326. The van der Waals surface area contributed by atoms with Crippen LogP contribution in [0.5, 0.6) is 11.5 Å². The Labute approximate surface area is 196 Å². The van der Waals surface area contributed by atoms with E-state index in [1.165, 1.54) is 0 Å². The number of carbonyl (C=O) groups is 2. The molecule has 33 heavy (non-hydrogen) atoms. The molecule has 2 aromatic carbocycles. The molecule has 0 saturated heterocycles. The van der Waals surface area contributed by atoms with Crippen LogP contribution < -0.4 is 0 Å². The van der Waals surface area contributed by atoms with E-state index >= 15 is 0 Å². The molecule has 6 heteroatoms. The maximum absolute atomic E-state index is 11.3. The molecule has 0 aromatic heterocycles. The maximum atomic E-state index is 11.3. The topological polar surface area (TPSA) is 99.3 Å². The molecule has 0 saturated carbocycles. The monoisotopic (exact) mass is 450 g/mol. The average Bonchev–Trinajstić information content (AvgIpc) is 2.73. The van der Waals surface area contributed by atoms with Crippen molar-refractivity contribution in [3.63, 3.8) is 0 Å². The first-order valence-electron chi connectivity index (χ1n) is 11.0. The Hall–Kier alpha value is -3.28. The number of aliphatic imine (C=N–C) groups is 2. The van der Waals surface area contributed by atoms with Crippen molar-refractivity contribution in [2.24, 2.45) is 9.98 Å². The predicted molar refractivity (Wildman–Crippen MR) is 134 cm³/mol. The fourth-order valence-electron chi connectivity index (χ4n) is 3.18. The van der Waals surface area contributed by atoms with Crippen molar-refractivity contribution in [3.05, 3.63) is 57.6 Å². The summed E-state index contributed by atoms with van der Waals surface area (Å²) in [5, 5.41) is 20.6. The first kappa shape index (κ1) is 26.0. The van der Waals surface area contributed by atoms with Gasteiger partial charge in [0, 0.05) is 36.6 Å². The SMILES string of the molecule is CC(C)(C)c1cc(C=O)c(O)c(C=NCCCN=Cc2cc(C(C)(C)C)cc(C=O)c2O)c1. The molecule has 0 amide bonds. The van der Waals surface area contributed by atoms with Crippen LogP contribution in [-0.4, -0.2) is 48.3 Å². The predicted octanol–water partition coefficient (Wildman–Crippen LogP) is 5.25. The molecule has 0 heterocycles. The lowest BCUT2D eigenvalue weighted by molar-refractivity contribution is 0.111. The molecule has 6 nitrogen and oxygen atoms in total. The van der Waals surface area contributed by atoms with Crippen molar-refractivity contribution in [1.82, 2.24) is 0 Å². The number of phenolic OH excluding ortho intramolecular Hbond substituents is 2. The normalized spacial score (nSPS) is 12.5. The minimum atomic E-state index is -0.164. The summed E-state index contributed by atoms with van der Waals surface area (Å²) < 4.78 is 0. The minimum Gasteiger partial charge on any atom is -0.507 e. The summed E-state index contributed by atoms with van der Waals surface area (Å²) in [6, 6.07) is 7.10. The van der Waals surface area contributed by atoms with E-state index < -0.39 is 0 Å². The Morgan fingerprint density at radius 2 is 1.00 bits per heavy atom. The minimum absolute atomic E-state index is 0.0695. The highest BCUT2D eigenvalue weighted by atomic mass is 16.3. The summed E-state index contributed by atoms with van der Waals surface area (Å²) in [6.45, 7) is 13.2. The Morgan fingerprint density at radius 3 is 1.30 bits per heavy atom. The molecule has 2 N–H and O–H groups in total. The third-order valence-corrected chi connectivity index (χ3v) is 5.36. The van der Waals surface area contributed by atoms with Gasteiger partial charge in [-0.15, -0.1) is 0 Å². The number of phenols is 2. The van der Waals surface area contributed by atoms with Gasteiger partial charge in [-0.2, -0.15) is 0 Å². The largest absolute Gasteiger partial charge is 0.507 e. The van der Waals surface area contributed by atoms with Gasteiger partial charge in [-0.05, 0) is 52.6 Å². The molecule has 0 unspecified atom stereocenters. The van der Waals surface area contributed by atoms with Crippen molar-refractivity contribution in [2.75, 3.05) is 13.1 Å².